The highest BCUT2D eigenvalue weighted by Crippen LogP contribution is 2.28. The van der Waals surface area contributed by atoms with Gasteiger partial charge in [0.05, 0.1) is 0 Å². The fraction of sp³-hybridized carbons (Fsp3) is 0.625. The zero-order valence-electron chi connectivity index (χ0n) is 12.1. The van der Waals surface area contributed by atoms with Gasteiger partial charge in [-0.15, -0.1) is 0 Å². The van der Waals surface area contributed by atoms with Crippen molar-refractivity contribution < 1.29 is 5.11 Å². The quantitative estimate of drug-likeness (QED) is 0.827. The number of nitrogens with zero attached hydrogens (tertiary/aromatic N) is 1. The van der Waals surface area contributed by atoms with Crippen LogP contribution in [0.5, 0.6) is 0 Å². The molecule has 1 fully saturated rings. The van der Waals surface area contributed by atoms with Gasteiger partial charge in [0.25, 0.3) is 0 Å². The molecule has 2 N–H and O–H groups in total. The second kappa shape index (κ2) is 6.92. The first-order chi connectivity index (χ1) is 9.26. The van der Waals surface area contributed by atoms with Crippen LogP contribution in [-0.4, -0.2) is 31.3 Å². The molecule has 0 aliphatic carbocycles. The summed E-state index contributed by atoms with van der Waals surface area (Å²) in [4.78, 5) is 2.50. The summed E-state index contributed by atoms with van der Waals surface area (Å²) in [5, 5.41) is 12.2. The molecule has 1 heterocycles. The summed E-state index contributed by atoms with van der Waals surface area (Å²) < 4.78 is 0. The zero-order chi connectivity index (χ0) is 13.7. The molecule has 106 valence electrons. The van der Waals surface area contributed by atoms with Crippen LogP contribution in [0.25, 0.3) is 0 Å². The largest absolute Gasteiger partial charge is 0.396 e. The lowest BCUT2D eigenvalue weighted by molar-refractivity contribution is 0.279. The molecule has 0 aromatic heterocycles. The summed E-state index contributed by atoms with van der Waals surface area (Å²) in [6.07, 6.45) is 4.54. The number of hydrogen-bond acceptors (Lipinski definition) is 3. The molecule has 0 amide bonds. The Balaban J connectivity index is 2.04. The Morgan fingerprint density at radius 1 is 1.37 bits per heavy atom. The van der Waals surface area contributed by atoms with E-state index in [1.807, 2.05) is 7.05 Å². The van der Waals surface area contributed by atoms with Crippen molar-refractivity contribution in [1.29, 1.82) is 0 Å². The van der Waals surface area contributed by atoms with Crippen molar-refractivity contribution in [3.63, 3.8) is 0 Å². The average Bonchev–Trinajstić information content (AvgIpc) is 2.92. The fourth-order valence-corrected chi connectivity index (χ4v) is 2.92. The van der Waals surface area contributed by atoms with Gasteiger partial charge in [0.15, 0.2) is 0 Å². The molecule has 3 heteroatoms. The summed E-state index contributed by atoms with van der Waals surface area (Å²) in [5.74, 6) is 0. The molecular formula is C16H26N2O. The van der Waals surface area contributed by atoms with Gasteiger partial charge in [-0.1, -0.05) is 12.1 Å². The van der Waals surface area contributed by atoms with Gasteiger partial charge < -0.3 is 15.3 Å². The molecule has 1 saturated heterocycles. The predicted molar refractivity (Wildman–Crippen MR) is 80.6 cm³/mol. The van der Waals surface area contributed by atoms with E-state index < -0.39 is 0 Å². The van der Waals surface area contributed by atoms with Gasteiger partial charge in [0, 0.05) is 30.9 Å². The Morgan fingerprint density at radius 2 is 2.11 bits per heavy atom. The molecule has 1 aromatic rings. The molecule has 1 aliphatic heterocycles. The van der Waals surface area contributed by atoms with E-state index in [1.165, 1.54) is 24.1 Å². The minimum atomic E-state index is 0.308. The van der Waals surface area contributed by atoms with Crippen LogP contribution in [0.4, 0.5) is 5.69 Å². The normalized spacial score (nSPS) is 20.8. The Hall–Kier alpha value is -1.06. The molecular weight excluding hydrogens is 236 g/mol. The molecule has 3 nitrogen and oxygen atoms in total. The van der Waals surface area contributed by atoms with E-state index in [1.54, 1.807) is 0 Å². The van der Waals surface area contributed by atoms with E-state index in [4.69, 9.17) is 5.11 Å². The van der Waals surface area contributed by atoms with Crippen LogP contribution in [0, 0.1) is 0 Å². The molecule has 1 aliphatic rings. The summed E-state index contributed by atoms with van der Waals surface area (Å²) in [6.45, 7) is 3.63. The first-order valence-electron chi connectivity index (χ1n) is 7.41. The monoisotopic (exact) mass is 262 g/mol. The smallest absolute Gasteiger partial charge is 0.0431 e. The van der Waals surface area contributed by atoms with Crippen LogP contribution in [0.15, 0.2) is 24.3 Å². The van der Waals surface area contributed by atoms with Crippen molar-refractivity contribution in [1.82, 2.24) is 5.32 Å². The van der Waals surface area contributed by atoms with Gasteiger partial charge in [-0.25, -0.2) is 0 Å². The third-order valence-electron chi connectivity index (χ3n) is 4.23. The summed E-state index contributed by atoms with van der Waals surface area (Å²) in [5.41, 5.74) is 2.66. The number of anilines is 1. The SMILES string of the molecule is CNC(C)c1ccc(N2CCCC2CCCO)cc1. The van der Waals surface area contributed by atoms with Crippen molar-refractivity contribution in [2.24, 2.45) is 0 Å². The highest BCUT2D eigenvalue weighted by molar-refractivity contribution is 5.49. The Bertz CT molecular complexity index is 377. The van der Waals surface area contributed by atoms with Crippen LogP contribution < -0.4 is 10.2 Å². The third-order valence-corrected chi connectivity index (χ3v) is 4.23. The van der Waals surface area contributed by atoms with Gasteiger partial charge in [-0.2, -0.15) is 0 Å². The van der Waals surface area contributed by atoms with Gasteiger partial charge in [-0.3, -0.25) is 0 Å². The number of rotatable bonds is 6. The van der Waals surface area contributed by atoms with Crippen molar-refractivity contribution in [2.75, 3.05) is 25.1 Å². The minimum absolute atomic E-state index is 0.308. The van der Waals surface area contributed by atoms with Crippen molar-refractivity contribution in [3.8, 4) is 0 Å². The summed E-state index contributed by atoms with van der Waals surface area (Å²) in [7, 11) is 1.99. The first-order valence-corrected chi connectivity index (χ1v) is 7.41. The van der Waals surface area contributed by atoms with Crippen LogP contribution >= 0.6 is 0 Å². The Labute approximate surface area is 116 Å². The molecule has 0 spiro atoms. The second-order valence-corrected chi connectivity index (χ2v) is 5.46. The lowest BCUT2D eigenvalue weighted by Gasteiger charge is -2.27. The van der Waals surface area contributed by atoms with Gasteiger partial charge in [-0.05, 0) is 57.4 Å². The highest BCUT2D eigenvalue weighted by Gasteiger charge is 2.24. The highest BCUT2D eigenvalue weighted by atomic mass is 16.2. The molecule has 2 rings (SSSR count). The van der Waals surface area contributed by atoms with E-state index in [2.05, 4.69) is 41.4 Å². The lowest BCUT2D eigenvalue weighted by Crippen LogP contribution is -2.29. The van der Waals surface area contributed by atoms with Crippen LogP contribution in [0.3, 0.4) is 0 Å². The molecule has 0 radical (unpaired) electrons. The maximum absolute atomic E-state index is 8.98. The number of hydrogen-bond donors (Lipinski definition) is 2. The number of nitrogens with one attached hydrogen (secondary N) is 1. The van der Waals surface area contributed by atoms with Crippen LogP contribution in [0.1, 0.15) is 44.2 Å². The lowest BCUT2D eigenvalue weighted by atomic mass is 10.1. The van der Waals surface area contributed by atoms with Gasteiger partial charge in [0.2, 0.25) is 0 Å². The molecule has 0 bridgehead atoms. The Morgan fingerprint density at radius 3 is 2.74 bits per heavy atom. The van der Waals surface area contributed by atoms with Crippen LogP contribution in [0.2, 0.25) is 0 Å². The number of benzene rings is 1. The first kappa shape index (κ1) is 14.4. The van der Waals surface area contributed by atoms with Gasteiger partial charge >= 0.3 is 0 Å². The third kappa shape index (κ3) is 3.48. The molecule has 0 saturated carbocycles. The van der Waals surface area contributed by atoms with Crippen molar-refractivity contribution in [3.05, 3.63) is 29.8 Å². The Kier molecular flexibility index (Phi) is 5.23. The topological polar surface area (TPSA) is 35.5 Å². The standard InChI is InChI=1S/C16H26N2O/c1-13(17-2)14-7-9-16(10-8-14)18-11-3-5-15(18)6-4-12-19/h7-10,13,15,17,19H,3-6,11-12H2,1-2H3. The molecule has 2 unspecified atom stereocenters. The number of aliphatic hydroxyl groups excluding tert-OH is 1. The van der Waals surface area contributed by atoms with E-state index in [-0.39, 0.29) is 0 Å². The van der Waals surface area contributed by atoms with E-state index in [0.29, 0.717) is 18.7 Å². The van der Waals surface area contributed by atoms with E-state index in [0.717, 1.165) is 19.4 Å². The van der Waals surface area contributed by atoms with Crippen LogP contribution in [-0.2, 0) is 0 Å². The zero-order valence-corrected chi connectivity index (χ0v) is 12.1. The molecule has 1 aromatic carbocycles. The summed E-state index contributed by atoms with van der Waals surface area (Å²) in [6, 6.07) is 9.93. The van der Waals surface area contributed by atoms with Crippen molar-refractivity contribution in [2.45, 2.75) is 44.7 Å². The molecule has 2 atom stereocenters. The van der Waals surface area contributed by atoms with Gasteiger partial charge in [0.1, 0.15) is 0 Å². The average molecular weight is 262 g/mol. The van der Waals surface area contributed by atoms with E-state index in [9.17, 15) is 0 Å². The second-order valence-electron chi connectivity index (χ2n) is 5.46. The summed E-state index contributed by atoms with van der Waals surface area (Å²) >= 11 is 0. The predicted octanol–water partition coefficient (Wildman–Crippen LogP) is 2.71. The maximum atomic E-state index is 8.98. The maximum Gasteiger partial charge on any atom is 0.0431 e. The molecule has 19 heavy (non-hydrogen) atoms. The number of aliphatic hydroxyl groups is 1. The van der Waals surface area contributed by atoms with Crippen molar-refractivity contribution >= 4 is 5.69 Å². The minimum Gasteiger partial charge on any atom is -0.396 e. The van der Waals surface area contributed by atoms with E-state index >= 15 is 0 Å². The fourth-order valence-electron chi connectivity index (χ4n) is 2.92.